The minimum atomic E-state index is -4.35. The first-order chi connectivity index (χ1) is 11.4. The second-order valence-electron chi connectivity index (χ2n) is 6.91. The molecule has 2 saturated heterocycles. The molecule has 25 heavy (non-hydrogen) atoms. The molecule has 1 aromatic carbocycles. The lowest BCUT2D eigenvalue weighted by atomic mass is 9.95. The van der Waals surface area contributed by atoms with Gasteiger partial charge in [0, 0.05) is 25.0 Å². The van der Waals surface area contributed by atoms with E-state index < -0.39 is 11.7 Å². The van der Waals surface area contributed by atoms with Crippen molar-refractivity contribution in [3.8, 4) is 0 Å². The van der Waals surface area contributed by atoms with E-state index in [4.69, 9.17) is 0 Å². The predicted molar refractivity (Wildman–Crippen MR) is 92.9 cm³/mol. The summed E-state index contributed by atoms with van der Waals surface area (Å²) in [5.74, 6) is -0.161. The molecule has 7 heteroatoms. The highest BCUT2D eigenvalue weighted by Crippen LogP contribution is 2.33. The summed E-state index contributed by atoms with van der Waals surface area (Å²) in [5, 5.41) is 3.35. The summed E-state index contributed by atoms with van der Waals surface area (Å²) in [6.07, 6.45) is -1.08. The minimum Gasteiger partial charge on any atom is -0.335 e. The van der Waals surface area contributed by atoms with Gasteiger partial charge in [0.15, 0.2) is 0 Å². The van der Waals surface area contributed by atoms with Crippen LogP contribution in [0.2, 0.25) is 0 Å². The SMILES string of the molecule is CC(CC(=O)N1C2CCNCC1CC2)c1cccc(C(F)(F)F)c1.Cl. The zero-order valence-electron chi connectivity index (χ0n) is 14.2. The maximum Gasteiger partial charge on any atom is 0.416 e. The van der Waals surface area contributed by atoms with E-state index in [0.29, 0.717) is 5.56 Å². The van der Waals surface area contributed by atoms with Gasteiger partial charge in [-0.2, -0.15) is 13.2 Å². The van der Waals surface area contributed by atoms with E-state index in [0.717, 1.165) is 44.5 Å². The molecule has 0 aromatic heterocycles. The first-order valence-electron chi connectivity index (χ1n) is 8.55. The van der Waals surface area contributed by atoms with Gasteiger partial charge in [-0.15, -0.1) is 12.4 Å². The first-order valence-corrected chi connectivity index (χ1v) is 8.55. The molecule has 0 spiro atoms. The molecular weight excluding hydrogens is 353 g/mol. The smallest absolute Gasteiger partial charge is 0.335 e. The van der Waals surface area contributed by atoms with Crippen LogP contribution in [0, 0.1) is 0 Å². The lowest BCUT2D eigenvalue weighted by molar-refractivity contribution is -0.137. The van der Waals surface area contributed by atoms with Crippen LogP contribution in [0.3, 0.4) is 0 Å². The number of hydrogen-bond donors (Lipinski definition) is 1. The average molecular weight is 377 g/mol. The standard InChI is InChI=1S/C18H23F3N2O.ClH/c1-12(13-3-2-4-14(10-13)18(19,20)21)9-17(24)23-15-5-6-16(23)11-22-8-7-15;/h2-4,10,12,15-16,22H,5-9,11H2,1H3;1H. The highest BCUT2D eigenvalue weighted by Gasteiger charge is 2.38. The monoisotopic (exact) mass is 376 g/mol. The van der Waals surface area contributed by atoms with Gasteiger partial charge in [-0.25, -0.2) is 0 Å². The summed E-state index contributed by atoms with van der Waals surface area (Å²) in [6.45, 7) is 3.57. The summed E-state index contributed by atoms with van der Waals surface area (Å²) in [5.41, 5.74) is -0.0863. The number of benzene rings is 1. The Balaban J connectivity index is 0.00000225. The van der Waals surface area contributed by atoms with Crippen molar-refractivity contribution in [1.29, 1.82) is 0 Å². The second-order valence-corrected chi connectivity index (χ2v) is 6.91. The van der Waals surface area contributed by atoms with Crippen molar-refractivity contribution in [2.75, 3.05) is 13.1 Å². The van der Waals surface area contributed by atoms with E-state index in [9.17, 15) is 18.0 Å². The largest absolute Gasteiger partial charge is 0.416 e. The Labute approximate surface area is 152 Å². The minimum absolute atomic E-state index is 0. The van der Waals surface area contributed by atoms with E-state index in [2.05, 4.69) is 5.32 Å². The summed E-state index contributed by atoms with van der Waals surface area (Å²) < 4.78 is 38.6. The van der Waals surface area contributed by atoms with Crippen LogP contribution in [0.1, 0.15) is 49.7 Å². The van der Waals surface area contributed by atoms with E-state index in [1.165, 1.54) is 6.07 Å². The topological polar surface area (TPSA) is 32.3 Å². The fraction of sp³-hybridized carbons (Fsp3) is 0.611. The van der Waals surface area contributed by atoms with Crippen molar-refractivity contribution in [1.82, 2.24) is 10.2 Å². The van der Waals surface area contributed by atoms with Gasteiger partial charge in [0.25, 0.3) is 0 Å². The molecule has 2 heterocycles. The van der Waals surface area contributed by atoms with Crippen molar-refractivity contribution in [3.05, 3.63) is 35.4 Å². The van der Waals surface area contributed by atoms with Crippen molar-refractivity contribution < 1.29 is 18.0 Å². The van der Waals surface area contributed by atoms with Crippen LogP contribution in [-0.4, -0.2) is 36.0 Å². The van der Waals surface area contributed by atoms with Crippen molar-refractivity contribution in [2.24, 2.45) is 0 Å². The average Bonchev–Trinajstić information content (AvgIpc) is 2.79. The van der Waals surface area contributed by atoms with Crippen molar-refractivity contribution >= 4 is 18.3 Å². The van der Waals surface area contributed by atoms with Gasteiger partial charge < -0.3 is 10.2 Å². The number of fused-ring (bicyclic) bond motifs is 2. The summed E-state index contributed by atoms with van der Waals surface area (Å²) in [6, 6.07) is 5.84. The normalized spacial score (nSPS) is 24.4. The quantitative estimate of drug-likeness (QED) is 0.865. The van der Waals surface area contributed by atoms with Gasteiger partial charge >= 0.3 is 6.18 Å². The molecule has 2 fully saturated rings. The van der Waals surface area contributed by atoms with Gasteiger partial charge in [-0.05, 0) is 43.4 Å². The highest BCUT2D eigenvalue weighted by molar-refractivity contribution is 5.85. The molecule has 140 valence electrons. The summed E-state index contributed by atoms with van der Waals surface area (Å²) in [7, 11) is 0. The molecule has 3 atom stereocenters. The number of carbonyl (C=O) groups is 1. The second kappa shape index (κ2) is 7.96. The van der Waals surface area contributed by atoms with E-state index in [1.54, 1.807) is 6.07 Å². The zero-order valence-corrected chi connectivity index (χ0v) is 15.0. The zero-order chi connectivity index (χ0) is 17.3. The molecule has 2 aliphatic rings. The fourth-order valence-corrected chi connectivity index (χ4v) is 3.90. The van der Waals surface area contributed by atoms with Crippen LogP contribution in [-0.2, 0) is 11.0 Å². The number of halogens is 4. The molecular formula is C18H24ClF3N2O. The molecule has 3 rings (SSSR count). The third kappa shape index (κ3) is 4.47. The fourth-order valence-electron chi connectivity index (χ4n) is 3.90. The number of amides is 1. The number of nitrogens with zero attached hydrogens (tertiary/aromatic N) is 1. The Morgan fingerprint density at radius 2 is 2.00 bits per heavy atom. The van der Waals surface area contributed by atoms with Crippen LogP contribution >= 0.6 is 12.4 Å². The highest BCUT2D eigenvalue weighted by atomic mass is 35.5. The Hall–Kier alpha value is -1.27. The third-order valence-corrected chi connectivity index (χ3v) is 5.21. The number of rotatable bonds is 3. The number of nitrogens with one attached hydrogen (secondary N) is 1. The lowest BCUT2D eigenvalue weighted by Crippen LogP contribution is -2.42. The van der Waals surface area contributed by atoms with E-state index in [1.807, 2.05) is 11.8 Å². The molecule has 3 unspecified atom stereocenters. The Morgan fingerprint density at radius 1 is 1.28 bits per heavy atom. The van der Waals surface area contributed by atoms with Crippen molar-refractivity contribution in [3.63, 3.8) is 0 Å². The number of alkyl halides is 3. The van der Waals surface area contributed by atoms with Crippen LogP contribution in [0.25, 0.3) is 0 Å². The van der Waals surface area contributed by atoms with Crippen LogP contribution in [0.15, 0.2) is 24.3 Å². The molecule has 2 bridgehead atoms. The molecule has 1 amide bonds. The first kappa shape index (κ1) is 20.0. The van der Waals surface area contributed by atoms with Gasteiger partial charge in [0.2, 0.25) is 5.91 Å². The molecule has 2 aliphatic heterocycles. The van der Waals surface area contributed by atoms with E-state index >= 15 is 0 Å². The van der Waals surface area contributed by atoms with Crippen molar-refractivity contribution in [2.45, 2.75) is 56.8 Å². The van der Waals surface area contributed by atoms with Crippen LogP contribution < -0.4 is 5.32 Å². The van der Waals surface area contributed by atoms with Crippen LogP contribution in [0.4, 0.5) is 13.2 Å². The Bertz CT molecular complexity index is 594. The molecule has 1 N–H and O–H groups in total. The number of carbonyl (C=O) groups excluding carboxylic acids is 1. The molecule has 1 aromatic rings. The molecule has 3 nitrogen and oxygen atoms in total. The summed E-state index contributed by atoms with van der Waals surface area (Å²) in [4.78, 5) is 14.7. The maximum absolute atomic E-state index is 12.9. The van der Waals surface area contributed by atoms with Gasteiger partial charge in [0.05, 0.1) is 5.56 Å². The maximum atomic E-state index is 12.9. The van der Waals surface area contributed by atoms with Crippen LogP contribution in [0.5, 0.6) is 0 Å². The predicted octanol–water partition coefficient (Wildman–Crippen LogP) is 3.97. The number of hydrogen-bond acceptors (Lipinski definition) is 2. The van der Waals surface area contributed by atoms with E-state index in [-0.39, 0.29) is 42.7 Å². The third-order valence-electron chi connectivity index (χ3n) is 5.21. The Kier molecular flexibility index (Phi) is 6.38. The molecule has 0 radical (unpaired) electrons. The molecule has 0 aliphatic carbocycles. The van der Waals surface area contributed by atoms with Gasteiger partial charge in [-0.3, -0.25) is 4.79 Å². The lowest BCUT2D eigenvalue weighted by Gasteiger charge is -2.29. The molecule has 0 saturated carbocycles. The van der Waals surface area contributed by atoms with Gasteiger partial charge in [0.1, 0.15) is 0 Å². The van der Waals surface area contributed by atoms with Gasteiger partial charge in [-0.1, -0.05) is 25.1 Å². The summed E-state index contributed by atoms with van der Waals surface area (Å²) >= 11 is 0. The Morgan fingerprint density at radius 3 is 2.72 bits per heavy atom.